The van der Waals surface area contributed by atoms with Gasteiger partial charge >= 0.3 is 0 Å². The number of aryl methyl sites for hydroxylation is 1. The number of hydrogen-bond donors (Lipinski definition) is 6. The van der Waals surface area contributed by atoms with Crippen LogP contribution in [-0.4, -0.2) is 153 Å². The van der Waals surface area contributed by atoms with Crippen LogP contribution in [0.3, 0.4) is 0 Å². The number of aromatic nitrogens is 6. The lowest BCUT2D eigenvalue weighted by molar-refractivity contribution is -0.107. The molecule has 0 saturated heterocycles. The molecule has 5 aromatic heterocycles. The molecule has 0 radical (unpaired) electrons. The van der Waals surface area contributed by atoms with Gasteiger partial charge in [-0.05, 0) is 86.6 Å². The molecular weight excluding hydrogens is 1580 g/mol. The van der Waals surface area contributed by atoms with E-state index in [4.69, 9.17) is 78.0 Å². The summed E-state index contributed by atoms with van der Waals surface area (Å²) in [6.07, 6.45) is 0. The second kappa shape index (κ2) is 38.0. The van der Waals surface area contributed by atoms with E-state index in [2.05, 4.69) is 204 Å². The Hall–Kier alpha value is -7.66. The highest BCUT2D eigenvalue weighted by Crippen LogP contribution is 2.53. The van der Waals surface area contributed by atoms with Crippen LogP contribution in [0, 0.1) is 39.4 Å². The number of rotatable bonds is 42. The van der Waals surface area contributed by atoms with Crippen LogP contribution in [0.25, 0.3) is 99.0 Å². The van der Waals surface area contributed by atoms with Gasteiger partial charge in [-0.2, -0.15) is 8.75 Å². The van der Waals surface area contributed by atoms with E-state index in [1.807, 2.05) is 69.2 Å². The molecule has 11 aromatic rings. The summed E-state index contributed by atoms with van der Waals surface area (Å²) >= 11 is 4.47. The van der Waals surface area contributed by atoms with Crippen LogP contribution < -0.4 is 11.5 Å². The van der Waals surface area contributed by atoms with E-state index < -0.39 is 16.6 Å². The van der Waals surface area contributed by atoms with Gasteiger partial charge in [0.25, 0.3) is 0 Å². The number of ether oxygens (including phenoxy) is 8. The number of nitrogen functional groups attached to an aromatic ring is 2. The summed E-state index contributed by atoms with van der Waals surface area (Å²) < 4.78 is 60.1. The van der Waals surface area contributed by atoms with Crippen LogP contribution in [-0.2, 0) is 75.2 Å². The van der Waals surface area contributed by atoms with Gasteiger partial charge in [0.15, 0.2) is 0 Å². The lowest BCUT2D eigenvalue weighted by Crippen LogP contribution is -2.36. The molecule has 121 heavy (non-hydrogen) atoms. The highest BCUT2D eigenvalue weighted by molar-refractivity contribution is 7.16. The summed E-state index contributed by atoms with van der Waals surface area (Å²) in [5, 5.41) is 39.5. The minimum Gasteiger partial charge on any atom is -0.397 e. The molecule has 0 aliphatic heterocycles. The Morgan fingerprint density at radius 1 is 0.314 bits per heavy atom. The van der Waals surface area contributed by atoms with Crippen LogP contribution in [0.2, 0.25) is 0 Å². The molecule has 0 bridgehead atoms. The van der Waals surface area contributed by atoms with Crippen LogP contribution in [0.15, 0.2) is 121 Å². The smallest absolute Gasteiger partial charge is 0.116 e. The van der Waals surface area contributed by atoms with Crippen molar-refractivity contribution >= 4 is 78.9 Å². The van der Waals surface area contributed by atoms with Crippen molar-refractivity contribution in [2.75, 3.05) is 104 Å². The second-order valence-corrected chi connectivity index (χ2v) is 43.1. The number of thiophene rings is 2. The largest absolute Gasteiger partial charge is 0.397 e. The van der Waals surface area contributed by atoms with Crippen molar-refractivity contribution in [2.45, 2.75) is 201 Å². The zero-order chi connectivity index (χ0) is 88.1. The Bertz CT molecular complexity index is 5330. The maximum atomic E-state index is 9.92. The number of anilines is 2. The predicted octanol–water partition coefficient (Wildman–Crippen LogP) is 20.6. The fourth-order valence-electron chi connectivity index (χ4n) is 13.9. The monoisotopic (exact) mass is 1710 g/mol. The molecular formula is C98H130N8O12S3. The van der Waals surface area contributed by atoms with E-state index in [0.717, 1.165) is 93.1 Å². The number of fused-ring (bicyclic) bond motifs is 3. The average Bonchev–Trinajstić information content (AvgIpc) is 1.67. The highest BCUT2D eigenvalue weighted by atomic mass is 32.1. The number of aliphatic hydroxyl groups is 4. The zero-order valence-corrected chi connectivity index (χ0v) is 77.8. The number of nitrogens with two attached hydrogens (primary N) is 2. The standard InChI is InChI=1S/C98H130N8O12S3/c1-61-79-86(103-82(67-35-29-65(30-36-67)46-114-60-97(19,20)118-58-92(9,10)49-109)81(101-79)66-31-23-62(24-32-66)43-111-53-93(11,12)56-115-51-90(5,6)47-107)75(87-80(61)105-121-106-87)71-40-42-73(120-71)98(21,22)76-78(100)77(99)74(70-39-41-72(119-70)89(2,3)4)85-88(76)104-84(69-37-27-64(28-38-69)45-113-55-95(15,16)59-117-96(17,18)50-110)83(102-85)68-33-25-63(26-34-68)44-112-54-94(13,14)57-116-52-91(7,8)48-108/h23-42,107-110H,43-60,99-100H2,1-22H3. The molecule has 0 aliphatic rings. The molecule has 0 atom stereocenters. The van der Waals surface area contributed by atoms with E-state index in [9.17, 15) is 20.4 Å². The molecule has 23 heteroatoms. The minimum atomic E-state index is -0.890. The molecule has 652 valence electrons. The minimum absolute atomic E-state index is 0.0147. The summed E-state index contributed by atoms with van der Waals surface area (Å²) in [5.74, 6) is 0. The molecule has 20 nitrogen and oxygen atoms in total. The number of nitrogens with zero attached hydrogens (tertiary/aromatic N) is 6. The van der Waals surface area contributed by atoms with E-state index in [-0.39, 0.29) is 64.3 Å². The van der Waals surface area contributed by atoms with E-state index in [0.29, 0.717) is 160 Å². The van der Waals surface area contributed by atoms with Gasteiger partial charge in [-0.25, -0.2) is 19.9 Å². The maximum Gasteiger partial charge on any atom is 0.116 e. The Balaban J connectivity index is 1.02. The third-order valence-corrected chi connectivity index (χ3v) is 25.2. The first-order valence-corrected chi connectivity index (χ1v) is 44.3. The van der Waals surface area contributed by atoms with Crippen molar-refractivity contribution in [1.29, 1.82) is 0 Å². The first kappa shape index (κ1) is 94.0. The zero-order valence-electron chi connectivity index (χ0n) is 75.4. The van der Waals surface area contributed by atoms with Crippen molar-refractivity contribution in [3.63, 3.8) is 0 Å². The lowest BCUT2D eigenvalue weighted by Gasteiger charge is -2.30. The van der Waals surface area contributed by atoms with Crippen LogP contribution in [0.4, 0.5) is 11.4 Å². The fraction of sp³-hybridized carbons (Fsp3) is 0.510. The first-order valence-electron chi connectivity index (χ1n) is 41.9. The molecule has 0 amide bonds. The fourth-order valence-corrected chi connectivity index (χ4v) is 16.7. The number of aliphatic hydroxyl groups excluding tert-OH is 4. The molecule has 8 N–H and O–H groups in total. The van der Waals surface area contributed by atoms with Crippen LogP contribution in [0.5, 0.6) is 0 Å². The van der Waals surface area contributed by atoms with Crippen LogP contribution in [0.1, 0.15) is 189 Å². The van der Waals surface area contributed by atoms with Crippen molar-refractivity contribution in [3.05, 3.63) is 164 Å². The van der Waals surface area contributed by atoms with Gasteiger partial charge < -0.3 is 69.8 Å². The normalized spacial score (nSPS) is 13.3. The maximum absolute atomic E-state index is 9.92. The SMILES string of the molecule is Cc1c2nsnc2c(-c2ccc(C(C)(C)c3c(N)c(N)c(-c4ccc(C(C)(C)C)s4)c4nc(-c5ccc(COCC(C)(C)COCC(C)(C)CO)cc5)c(-c5ccc(COCC(C)(C)COC(C)(C)CO)cc5)nc34)s2)c2nc(-c3ccc(COCC(C)(C)OCC(C)(C)CO)cc3)c(-c3ccc(COCC(C)(C)COCC(C)(C)CO)cc3)nc12. The molecule has 0 unspecified atom stereocenters. The first-order chi connectivity index (χ1) is 56.8. The Labute approximate surface area is 728 Å². The summed E-state index contributed by atoms with van der Waals surface area (Å²) in [4.78, 5) is 27.2. The predicted molar refractivity (Wildman–Crippen MR) is 494 cm³/mol. The quantitative estimate of drug-likeness (QED) is 0.0194. The van der Waals surface area contributed by atoms with Gasteiger partial charge in [-0.3, -0.25) is 0 Å². The molecule has 11 rings (SSSR count). The summed E-state index contributed by atoms with van der Waals surface area (Å²) in [5.41, 5.74) is 29.2. The van der Waals surface area contributed by atoms with Crippen molar-refractivity contribution in [3.8, 4) is 65.9 Å². The van der Waals surface area contributed by atoms with Crippen molar-refractivity contribution in [1.82, 2.24) is 28.7 Å². The van der Waals surface area contributed by atoms with E-state index in [1.165, 1.54) is 4.88 Å². The third kappa shape index (κ3) is 23.7. The van der Waals surface area contributed by atoms with Gasteiger partial charge in [0, 0.05) is 102 Å². The highest BCUT2D eigenvalue weighted by Gasteiger charge is 2.37. The van der Waals surface area contributed by atoms with Crippen molar-refractivity contribution < 1.29 is 58.3 Å². The lowest BCUT2D eigenvalue weighted by atomic mass is 9.79. The average molecular weight is 1710 g/mol. The molecule has 0 spiro atoms. The van der Waals surface area contributed by atoms with Gasteiger partial charge in [0.1, 0.15) is 22.1 Å². The van der Waals surface area contributed by atoms with E-state index in [1.54, 1.807) is 22.7 Å². The van der Waals surface area contributed by atoms with Gasteiger partial charge in [0.2, 0.25) is 0 Å². The Morgan fingerprint density at radius 3 is 1.06 bits per heavy atom. The third-order valence-electron chi connectivity index (χ3n) is 21.7. The van der Waals surface area contributed by atoms with Crippen molar-refractivity contribution in [2.24, 2.45) is 32.5 Å². The Kier molecular flexibility index (Phi) is 29.6. The molecule has 0 aliphatic carbocycles. The van der Waals surface area contributed by atoms with E-state index >= 15 is 0 Å². The molecule has 5 heterocycles. The number of benzene rings is 6. The van der Waals surface area contributed by atoms with Gasteiger partial charge in [-0.1, -0.05) is 215 Å². The second-order valence-electron chi connectivity index (χ2n) is 40.4. The summed E-state index contributed by atoms with van der Waals surface area (Å²) in [6, 6.07) is 42.0. The molecule has 0 fully saturated rings. The van der Waals surface area contributed by atoms with Gasteiger partial charge in [0.05, 0.1) is 187 Å². The number of hydrogen-bond acceptors (Lipinski definition) is 23. The summed E-state index contributed by atoms with van der Waals surface area (Å²) in [6.45, 7) is 51.3. The topological polar surface area (TPSA) is 284 Å². The van der Waals surface area contributed by atoms with Gasteiger partial charge in [-0.15, -0.1) is 22.7 Å². The summed E-state index contributed by atoms with van der Waals surface area (Å²) in [7, 11) is 0. The van der Waals surface area contributed by atoms with Crippen LogP contribution >= 0.6 is 34.4 Å². The Morgan fingerprint density at radius 2 is 0.645 bits per heavy atom. The molecule has 0 saturated carbocycles. The molecule has 6 aromatic carbocycles.